The molecule has 96 valence electrons. The molecule has 18 heavy (non-hydrogen) atoms. The van der Waals surface area contributed by atoms with Crippen LogP contribution in [0.3, 0.4) is 0 Å². The molecule has 0 radical (unpaired) electrons. The van der Waals surface area contributed by atoms with Gasteiger partial charge < -0.3 is 9.88 Å². The van der Waals surface area contributed by atoms with Gasteiger partial charge in [-0.1, -0.05) is 17.7 Å². The fourth-order valence-electron chi connectivity index (χ4n) is 3.39. The summed E-state index contributed by atoms with van der Waals surface area (Å²) in [4.78, 5) is 0. The summed E-state index contributed by atoms with van der Waals surface area (Å²) >= 11 is 6.26. The Morgan fingerprint density at radius 1 is 1.28 bits per heavy atom. The third kappa shape index (κ3) is 1.59. The van der Waals surface area contributed by atoms with Gasteiger partial charge in [0.05, 0.1) is 5.52 Å². The van der Waals surface area contributed by atoms with E-state index in [9.17, 15) is 0 Å². The van der Waals surface area contributed by atoms with Crippen LogP contribution in [0.15, 0.2) is 12.1 Å². The van der Waals surface area contributed by atoms with Crippen molar-refractivity contribution in [2.24, 2.45) is 7.05 Å². The number of hydrogen-bond acceptors (Lipinski definition) is 1. The van der Waals surface area contributed by atoms with E-state index in [0.717, 1.165) is 18.1 Å². The van der Waals surface area contributed by atoms with Crippen molar-refractivity contribution in [3.8, 4) is 0 Å². The maximum Gasteiger partial charge on any atom is 0.0527 e. The predicted molar refractivity (Wildman–Crippen MR) is 77.6 cm³/mol. The zero-order valence-corrected chi connectivity index (χ0v) is 11.9. The smallest absolute Gasteiger partial charge is 0.0527 e. The maximum atomic E-state index is 6.26. The molecule has 1 fully saturated rings. The minimum atomic E-state index is 0.639. The number of halogens is 1. The van der Waals surface area contributed by atoms with Gasteiger partial charge in [0.1, 0.15) is 0 Å². The lowest BCUT2D eigenvalue weighted by Crippen LogP contribution is -2.11. The molecule has 1 aromatic heterocycles. The van der Waals surface area contributed by atoms with Crippen LogP contribution in [0.5, 0.6) is 0 Å². The summed E-state index contributed by atoms with van der Waals surface area (Å²) in [6.07, 6.45) is 1.23. The van der Waals surface area contributed by atoms with Gasteiger partial charge >= 0.3 is 0 Å². The molecule has 2 heterocycles. The van der Waals surface area contributed by atoms with Gasteiger partial charge in [-0.15, -0.1) is 0 Å². The Hall–Kier alpha value is -0.990. The molecule has 1 aliphatic rings. The molecule has 0 aliphatic carbocycles. The molecule has 1 aliphatic heterocycles. The minimum absolute atomic E-state index is 0.639. The standard InChI is InChI=1S/C15H19ClN2/c1-9-12-4-5-13(16)10(2)15(12)18(3)14(9)11-6-7-17-8-11/h4-5,11,17H,6-8H2,1-3H3. The van der Waals surface area contributed by atoms with Crippen LogP contribution in [-0.2, 0) is 7.05 Å². The normalized spacial score (nSPS) is 19.9. The highest BCUT2D eigenvalue weighted by molar-refractivity contribution is 6.32. The zero-order chi connectivity index (χ0) is 12.9. The summed E-state index contributed by atoms with van der Waals surface area (Å²) in [6.45, 7) is 6.58. The molecular weight excluding hydrogens is 244 g/mol. The predicted octanol–water partition coefficient (Wildman–Crippen LogP) is 3.53. The first-order chi connectivity index (χ1) is 8.61. The van der Waals surface area contributed by atoms with Crippen LogP contribution in [0.25, 0.3) is 10.9 Å². The van der Waals surface area contributed by atoms with Crippen molar-refractivity contribution in [1.29, 1.82) is 0 Å². The molecule has 3 heteroatoms. The molecule has 0 saturated carbocycles. The van der Waals surface area contributed by atoms with Crippen molar-refractivity contribution in [2.45, 2.75) is 26.2 Å². The first-order valence-corrected chi connectivity index (χ1v) is 6.93. The molecule has 1 N–H and O–H groups in total. The van der Waals surface area contributed by atoms with Crippen molar-refractivity contribution >= 4 is 22.5 Å². The lowest BCUT2D eigenvalue weighted by molar-refractivity contribution is 0.688. The second-order valence-electron chi connectivity index (χ2n) is 5.33. The second-order valence-corrected chi connectivity index (χ2v) is 5.73. The molecule has 0 amide bonds. The quantitative estimate of drug-likeness (QED) is 0.832. The molecule has 2 nitrogen and oxygen atoms in total. The van der Waals surface area contributed by atoms with E-state index in [1.54, 1.807) is 0 Å². The van der Waals surface area contributed by atoms with E-state index in [2.05, 4.69) is 36.8 Å². The Labute approximate surface area is 113 Å². The first kappa shape index (κ1) is 12.1. The van der Waals surface area contributed by atoms with E-state index >= 15 is 0 Å². The van der Waals surface area contributed by atoms with Crippen molar-refractivity contribution in [1.82, 2.24) is 9.88 Å². The highest BCUT2D eigenvalue weighted by atomic mass is 35.5. The molecule has 3 rings (SSSR count). The van der Waals surface area contributed by atoms with Gasteiger partial charge in [-0.2, -0.15) is 0 Å². The largest absolute Gasteiger partial charge is 0.347 e. The number of fused-ring (bicyclic) bond motifs is 1. The Balaban J connectivity index is 2.30. The van der Waals surface area contributed by atoms with E-state index in [4.69, 9.17) is 11.6 Å². The Morgan fingerprint density at radius 2 is 2.06 bits per heavy atom. The number of nitrogens with one attached hydrogen (secondary N) is 1. The first-order valence-electron chi connectivity index (χ1n) is 6.56. The molecule has 1 saturated heterocycles. The Morgan fingerprint density at radius 3 is 2.72 bits per heavy atom. The highest BCUT2D eigenvalue weighted by Crippen LogP contribution is 2.35. The lowest BCUT2D eigenvalue weighted by Gasteiger charge is -2.12. The SMILES string of the molecule is Cc1c(C2CCNC2)n(C)c2c(C)c(Cl)ccc12. The summed E-state index contributed by atoms with van der Waals surface area (Å²) in [7, 11) is 2.17. The fraction of sp³-hybridized carbons (Fsp3) is 0.467. The zero-order valence-electron chi connectivity index (χ0n) is 11.2. The molecule has 0 spiro atoms. The van der Waals surface area contributed by atoms with Gasteiger partial charge in [-0.05, 0) is 44.0 Å². The third-order valence-electron chi connectivity index (χ3n) is 4.30. The van der Waals surface area contributed by atoms with E-state index < -0.39 is 0 Å². The van der Waals surface area contributed by atoms with Crippen LogP contribution < -0.4 is 5.32 Å². The average molecular weight is 263 g/mol. The summed E-state index contributed by atoms with van der Waals surface area (Å²) < 4.78 is 2.35. The summed E-state index contributed by atoms with van der Waals surface area (Å²) in [5, 5.41) is 5.66. The van der Waals surface area contributed by atoms with E-state index in [0.29, 0.717) is 5.92 Å². The molecule has 1 atom stereocenters. The van der Waals surface area contributed by atoms with Crippen molar-refractivity contribution in [2.75, 3.05) is 13.1 Å². The van der Waals surface area contributed by atoms with Gasteiger partial charge in [0.2, 0.25) is 0 Å². The van der Waals surface area contributed by atoms with Crippen LogP contribution >= 0.6 is 11.6 Å². The Kier molecular flexibility index (Phi) is 2.87. The van der Waals surface area contributed by atoms with Crippen molar-refractivity contribution < 1.29 is 0 Å². The van der Waals surface area contributed by atoms with Crippen LogP contribution in [-0.4, -0.2) is 17.7 Å². The average Bonchev–Trinajstić information content (AvgIpc) is 2.92. The van der Waals surface area contributed by atoms with Crippen molar-refractivity contribution in [3.63, 3.8) is 0 Å². The summed E-state index contributed by atoms with van der Waals surface area (Å²) in [5.41, 5.74) is 5.38. The lowest BCUT2D eigenvalue weighted by atomic mass is 10.00. The molecular formula is C15H19ClN2. The molecule has 1 aromatic carbocycles. The van der Waals surface area contributed by atoms with Crippen molar-refractivity contribution in [3.05, 3.63) is 34.0 Å². The highest BCUT2D eigenvalue weighted by Gasteiger charge is 2.24. The molecule has 2 aromatic rings. The van der Waals surface area contributed by atoms with Crippen LogP contribution in [0, 0.1) is 13.8 Å². The van der Waals surface area contributed by atoms with E-state index in [-0.39, 0.29) is 0 Å². The van der Waals surface area contributed by atoms with Crippen LogP contribution in [0.1, 0.15) is 29.2 Å². The second kappa shape index (κ2) is 4.29. The van der Waals surface area contributed by atoms with Gasteiger partial charge in [-0.25, -0.2) is 0 Å². The van der Waals surface area contributed by atoms with Gasteiger partial charge in [-0.3, -0.25) is 0 Å². The number of hydrogen-bond donors (Lipinski definition) is 1. The van der Waals surface area contributed by atoms with E-state index in [1.165, 1.54) is 34.1 Å². The van der Waals surface area contributed by atoms with E-state index in [1.807, 2.05) is 6.07 Å². The molecule has 1 unspecified atom stereocenters. The maximum absolute atomic E-state index is 6.26. The van der Waals surface area contributed by atoms with Crippen LogP contribution in [0.2, 0.25) is 5.02 Å². The fourth-order valence-corrected chi connectivity index (χ4v) is 3.54. The van der Waals surface area contributed by atoms with Crippen LogP contribution in [0.4, 0.5) is 0 Å². The number of aromatic nitrogens is 1. The Bertz CT molecular complexity index is 607. The third-order valence-corrected chi connectivity index (χ3v) is 4.71. The summed E-state index contributed by atoms with van der Waals surface area (Å²) in [6, 6.07) is 4.18. The van der Waals surface area contributed by atoms with Gasteiger partial charge in [0, 0.05) is 35.6 Å². The number of nitrogens with zero attached hydrogens (tertiary/aromatic N) is 1. The number of benzene rings is 1. The molecule has 0 bridgehead atoms. The summed E-state index contributed by atoms with van der Waals surface area (Å²) in [5.74, 6) is 0.639. The minimum Gasteiger partial charge on any atom is -0.347 e. The monoisotopic (exact) mass is 262 g/mol. The number of aryl methyl sites for hydroxylation is 3. The van der Waals surface area contributed by atoms with Gasteiger partial charge in [0.15, 0.2) is 0 Å². The topological polar surface area (TPSA) is 17.0 Å². The van der Waals surface area contributed by atoms with Gasteiger partial charge in [0.25, 0.3) is 0 Å². The number of rotatable bonds is 1.